The Labute approximate surface area is 109 Å². The number of hydrogen-bond donors (Lipinski definition) is 1. The molecule has 1 atom stereocenters. The first-order chi connectivity index (χ1) is 8.20. The first kappa shape index (κ1) is 12.2. The maximum absolute atomic E-state index is 5.80. The molecule has 0 amide bonds. The largest absolute Gasteiger partial charge is 0.481 e. The first-order valence-electron chi connectivity index (χ1n) is 5.37. The van der Waals surface area contributed by atoms with Crippen LogP contribution >= 0.6 is 15.9 Å². The third-order valence-corrected chi connectivity index (χ3v) is 3.37. The Morgan fingerprint density at radius 3 is 2.82 bits per heavy atom. The Bertz CT molecular complexity index is 482. The fourth-order valence-electron chi connectivity index (χ4n) is 1.55. The summed E-state index contributed by atoms with van der Waals surface area (Å²) in [4.78, 5) is 0. The van der Waals surface area contributed by atoms with Gasteiger partial charge in [0.25, 0.3) is 0 Å². The molecule has 17 heavy (non-hydrogen) atoms. The van der Waals surface area contributed by atoms with Crippen molar-refractivity contribution in [3.63, 3.8) is 0 Å². The van der Waals surface area contributed by atoms with Crippen molar-refractivity contribution in [3.8, 4) is 5.75 Å². The van der Waals surface area contributed by atoms with Gasteiger partial charge in [0, 0.05) is 11.0 Å². The van der Waals surface area contributed by atoms with Gasteiger partial charge in [0.05, 0.1) is 6.26 Å². The molecular formula is C13H14BrNO2. The van der Waals surface area contributed by atoms with Crippen LogP contribution in [-0.2, 0) is 0 Å². The molecule has 2 aromatic rings. The lowest BCUT2D eigenvalue weighted by molar-refractivity contribution is 0.184. The summed E-state index contributed by atoms with van der Waals surface area (Å²) in [6.45, 7) is 2.39. The van der Waals surface area contributed by atoms with Gasteiger partial charge in [-0.05, 0) is 42.8 Å². The molecule has 2 N–H and O–H groups in total. The normalized spacial score (nSPS) is 12.4. The van der Waals surface area contributed by atoms with Crippen LogP contribution in [0.4, 0.5) is 0 Å². The van der Waals surface area contributed by atoms with E-state index in [0.717, 1.165) is 21.5 Å². The van der Waals surface area contributed by atoms with Gasteiger partial charge in [0.2, 0.25) is 0 Å². The lowest BCUT2D eigenvalue weighted by Crippen LogP contribution is -2.17. The zero-order chi connectivity index (χ0) is 12.3. The first-order valence-corrected chi connectivity index (χ1v) is 6.16. The van der Waals surface area contributed by atoms with E-state index in [1.165, 1.54) is 0 Å². The van der Waals surface area contributed by atoms with Crippen molar-refractivity contribution in [2.45, 2.75) is 13.0 Å². The van der Waals surface area contributed by atoms with Crippen LogP contribution in [0.5, 0.6) is 5.75 Å². The predicted octanol–water partition coefficient (Wildman–Crippen LogP) is 3.43. The van der Waals surface area contributed by atoms with E-state index in [9.17, 15) is 0 Å². The molecule has 0 radical (unpaired) electrons. The highest BCUT2D eigenvalue weighted by Gasteiger charge is 2.14. The van der Waals surface area contributed by atoms with E-state index in [4.69, 9.17) is 14.9 Å². The van der Waals surface area contributed by atoms with Gasteiger partial charge in [-0.3, -0.25) is 0 Å². The monoisotopic (exact) mass is 295 g/mol. The van der Waals surface area contributed by atoms with E-state index < -0.39 is 0 Å². The van der Waals surface area contributed by atoms with Crippen LogP contribution in [0, 0.1) is 6.92 Å². The molecule has 1 heterocycles. The average molecular weight is 296 g/mol. The third-order valence-electron chi connectivity index (χ3n) is 2.48. The summed E-state index contributed by atoms with van der Waals surface area (Å²) in [5.41, 5.74) is 6.81. The molecular weight excluding hydrogens is 282 g/mol. The van der Waals surface area contributed by atoms with E-state index in [1.54, 1.807) is 6.26 Å². The van der Waals surface area contributed by atoms with Gasteiger partial charge < -0.3 is 14.9 Å². The minimum Gasteiger partial charge on any atom is -0.481 e. The fraction of sp³-hybridized carbons (Fsp3) is 0.231. The summed E-state index contributed by atoms with van der Waals surface area (Å²) in [7, 11) is 0. The van der Waals surface area contributed by atoms with E-state index >= 15 is 0 Å². The van der Waals surface area contributed by atoms with Crippen molar-refractivity contribution in [1.82, 2.24) is 0 Å². The lowest BCUT2D eigenvalue weighted by Gasteiger charge is -2.15. The van der Waals surface area contributed by atoms with Gasteiger partial charge in [-0.15, -0.1) is 0 Å². The number of furan rings is 1. The Morgan fingerprint density at radius 2 is 2.24 bits per heavy atom. The quantitative estimate of drug-likeness (QED) is 0.940. The summed E-state index contributed by atoms with van der Waals surface area (Å²) in [6.07, 6.45) is 1.37. The molecule has 0 bridgehead atoms. The molecule has 0 saturated heterocycles. The second-order valence-electron chi connectivity index (χ2n) is 3.77. The summed E-state index contributed by atoms with van der Waals surface area (Å²) >= 11 is 3.45. The molecule has 0 aliphatic rings. The topological polar surface area (TPSA) is 48.4 Å². The summed E-state index contributed by atoms with van der Waals surface area (Å²) in [5.74, 6) is 1.53. The van der Waals surface area contributed by atoms with Crippen LogP contribution < -0.4 is 10.5 Å². The maximum atomic E-state index is 5.80. The summed E-state index contributed by atoms with van der Waals surface area (Å²) in [6, 6.07) is 9.52. The molecule has 0 aliphatic carbocycles. The molecule has 90 valence electrons. The van der Waals surface area contributed by atoms with Gasteiger partial charge in [0.1, 0.15) is 11.5 Å². The van der Waals surface area contributed by atoms with Gasteiger partial charge in [-0.25, -0.2) is 0 Å². The number of benzene rings is 1. The van der Waals surface area contributed by atoms with E-state index in [2.05, 4.69) is 15.9 Å². The van der Waals surface area contributed by atoms with Gasteiger partial charge >= 0.3 is 0 Å². The molecule has 0 saturated carbocycles. The number of hydrogen-bond acceptors (Lipinski definition) is 3. The van der Waals surface area contributed by atoms with Crippen LogP contribution in [0.25, 0.3) is 0 Å². The number of rotatable bonds is 4. The molecule has 0 fully saturated rings. The second-order valence-corrected chi connectivity index (χ2v) is 4.62. The minimum atomic E-state index is -0.245. The zero-order valence-electron chi connectivity index (χ0n) is 9.52. The smallest absolute Gasteiger partial charge is 0.168 e. The molecule has 1 aromatic heterocycles. The Hall–Kier alpha value is -1.26. The van der Waals surface area contributed by atoms with Crippen LogP contribution in [0.15, 0.2) is 45.5 Å². The Balaban J connectivity index is 2.16. The number of halogens is 1. The molecule has 1 unspecified atom stereocenters. The Kier molecular flexibility index (Phi) is 3.86. The van der Waals surface area contributed by atoms with Crippen molar-refractivity contribution < 1.29 is 9.15 Å². The van der Waals surface area contributed by atoms with E-state index in [-0.39, 0.29) is 6.10 Å². The van der Waals surface area contributed by atoms with Crippen molar-refractivity contribution in [3.05, 3.63) is 52.4 Å². The van der Waals surface area contributed by atoms with Crippen LogP contribution in [0.1, 0.15) is 17.4 Å². The Morgan fingerprint density at radius 1 is 1.41 bits per heavy atom. The van der Waals surface area contributed by atoms with Gasteiger partial charge in [0.15, 0.2) is 6.10 Å². The van der Waals surface area contributed by atoms with Gasteiger partial charge in [-0.2, -0.15) is 0 Å². The lowest BCUT2D eigenvalue weighted by atomic mass is 10.2. The highest BCUT2D eigenvalue weighted by molar-refractivity contribution is 9.10. The molecule has 0 spiro atoms. The van der Waals surface area contributed by atoms with E-state index in [1.807, 2.05) is 37.3 Å². The molecule has 2 rings (SSSR count). The molecule has 4 heteroatoms. The maximum Gasteiger partial charge on any atom is 0.168 e. The number of nitrogens with two attached hydrogens (primary N) is 1. The molecule has 3 nitrogen and oxygen atoms in total. The minimum absolute atomic E-state index is 0.245. The molecule has 1 aromatic carbocycles. The van der Waals surface area contributed by atoms with Crippen LogP contribution in [0.2, 0.25) is 0 Å². The SMILES string of the molecule is Cc1cc(OC(CN)c2ccco2)ccc1Br. The van der Waals surface area contributed by atoms with Crippen molar-refractivity contribution in [2.75, 3.05) is 6.54 Å². The highest BCUT2D eigenvalue weighted by Crippen LogP contribution is 2.26. The van der Waals surface area contributed by atoms with Crippen molar-refractivity contribution in [2.24, 2.45) is 5.73 Å². The summed E-state index contributed by atoms with van der Waals surface area (Å²) < 4.78 is 12.2. The second kappa shape index (κ2) is 5.38. The fourth-order valence-corrected chi connectivity index (χ4v) is 1.80. The molecule has 0 aliphatic heterocycles. The predicted molar refractivity (Wildman–Crippen MR) is 70.0 cm³/mol. The van der Waals surface area contributed by atoms with Gasteiger partial charge in [-0.1, -0.05) is 15.9 Å². The summed E-state index contributed by atoms with van der Waals surface area (Å²) in [5, 5.41) is 0. The highest BCUT2D eigenvalue weighted by atomic mass is 79.9. The van der Waals surface area contributed by atoms with Crippen LogP contribution in [-0.4, -0.2) is 6.54 Å². The van der Waals surface area contributed by atoms with Crippen molar-refractivity contribution in [1.29, 1.82) is 0 Å². The number of aryl methyl sites for hydroxylation is 1. The van der Waals surface area contributed by atoms with E-state index in [0.29, 0.717) is 6.54 Å². The average Bonchev–Trinajstić information content (AvgIpc) is 2.84. The van der Waals surface area contributed by atoms with Crippen molar-refractivity contribution >= 4 is 15.9 Å². The third kappa shape index (κ3) is 2.90. The zero-order valence-corrected chi connectivity index (χ0v) is 11.1. The number of ether oxygens (including phenoxy) is 1. The standard InChI is InChI=1S/C13H14BrNO2/c1-9-7-10(4-5-11(9)14)17-13(8-15)12-3-2-6-16-12/h2-7,13H,8,15H2,1H3. The van der Waals surface area contributed by atoms with Crippen LogP contribution in [0.3, 0.4) is 0 Å².